The van der Waals surface area contributed by atoms with Gasteiger partial charge in [0.1, 0.15) is 11.3 Å². The first-order valence-corrected chi connectivity index (χ1v) is 9.54. The third-order valence-electron chi connectivity index (χ3n) is 5.48. The fourth-order valence-corrected chi connectivity index (χ4v) is 4.06. The average Bonchev–Trinajstić information content (AvgIpc) is 3.09. The minimum Gasteiger partial charge on any atom is -0.317 e. The molecule has 3 aromatic heterocycles. The van der Waals surface area contributed by atoms with Crippen molar-refractivity contribution in [2.75, 3.05) is 13.1 Å². The van der Waals surface area contributed by atoms with Crippen LogP contribution in [0.5, 0.6) is 0 Å². The molecule has 1 N–H and O–H groups in total. The van der Waals surface area contributed by atoms with Crippen LogP contribution in [0.15, 0.2) is 42.7 Å². The fourth-order valence-electron chi connectivity index (χ4n) is 4.06. The molecular weight excluding hydrogens is 358 g/mol. The van der Waals surface area contributed by atoms with Gasteiger partial charge in [0.15, 0.2) is 11.5 Å². The second-order valence-corrected chi connectivity index (χ2v) is 7.48. The number of piperidine rings is 1. The van der Waals surface area contributed by atoms with E-state index in [1.165, 1.54) is 12.1 Å². The Morgan fingerprint density at radius 1 is 0.964 bits per heavy atom. The Balaban J connectivity index is 1.59. The van der Waals surface area contributed by atoms with E-state index in [-0.39, 0.29) is 11.5 Å². The quantitative estimate of drug-likeness (QED) is 0.554. The van der Waals surface area contributed by atoms with Gasteiger partial charge in [-0.3, -0.25) is 0 Å². The lowest BCUT2D eigenvalue weighted by molar-refractivity contribution is 0.454. The Labute approximate surface area is 161 Å². The maximum Gasteiger partial charge on any atom is 0.173 e. The maximum atomic E-state index is 14.9. The van der Waals surface area contributed by atoms with Gasteiger partial charge in [-0.05, 0) is 62.7 Å². The Kier molecular flexibility index (Phi) is 4.09. The second kappa shape index (κ2) is 6.63. The largest absolute Gasteiger partial charge is 0.317 e. The minimum atomic E-state index is -0.425. The van der Waals surface area contributed by atoms with Gasteiger partial charge >= 0.3 is 0 Å². The number of nitrogens with one attached hydrogen (secondary N) is 1. The number of aryl methyl sites for hydroxylation is 1. The van der Waals surface area contributed by atoms with E-state index in [1.54, 1.807) is 16.8 Å². The summed E-state index contributed by atoms with van der Waals surface area (Å²) in [6.07, 6.45) is 5.56. The van der Waals surface area contributed by atoms with Crippen LogP contribution < -0.4 is 5.32 Å². The van der Waals surface area contributed by atoms with Crippen molar-refractivity contribution in [2.24, 2.45) is 0 Å². The normalized spacial score (nSPS) is 15.5. The van der Waals surface area contributed by atoms with Gasteiger partial charge in [-0.25, -0.2) is 18.7 Å². The van der Waals surface area contributed by atoms with Crippen molar-refractivity contribution in [1.29, 1.82) is 0 Å². The first-order chi connectivity index (χ1) is 13.6. The van der Waals surface area contributed by atoms with Crippen LogP contribution in [0.2, 0.25) is 0 Å². The third kappa shape index (κ3) is 2.94. The minimum absolute atomic E-state index is 0.274. The van der Waals surface area contributed by atoms with E-state index in [4.69, 9.17) is 0 Å². The summed E-state index contributed by atoms with van der Waals surface area (Å²) in [5.41, 5.74) is 3.55. The maximum absolute atomic E-state index is 14.9. The molecule has 28 heavy (non-hydrogen) atoms. The SMILES string of the molecule is Cc1cn2cc(-c3cc(F)c4nc(C5CCNCC5)ccc4c3)cc(F)c2n1. The predicted octanol–water partition coefficient (Wildman–Crippen LogP) is 4.60. The molecular formula is C22H20F2N4. The number of hydrogen-bond donors (Lipinski definition) is 1. The Morgan fingerprint density at radius 3 is 2.57 bits per heavy atom. The van der Waals surface area contributed by atoms with Crippen molar-refractivity contribution < 1.29 is 8.78 Å². The van der Waals surface area contributed by atoms with E-state index in [0.29, 0.717) is 22.6 Å². The van der Waals surface area contributed by atoms with E-state index < -0.39 is 5.82 Å². The van der Waals surface area contributed by atoms with Gasteiger partial charge in [-0.15, -0.1) is 0 Å². The van der Waals surface area contributed by atoms with Gasteiger partial charge in [0.2, 0.25) is 0 Å². The molecule has 5 rings (SSSR count). The molecule has 4 aromatic rings. The molecule has 1 aliphatic rings. The van der Waals surface area contributed by atoms with Gasteiger partial charge in [0.25, 0.3) is 0 Å². The molecule has 4 heterocycles. The molecule has 0 atom stereocenters. The first kappa shape index (κ1) is 17.3. The Morgan fingerprint density at radius 2 is 1.75 bits per heavy atom. The number of hydrogen-bond acceptors (Lipinski definition) is 3. The van der Waals surface area contributed by atoms with Crippen molar-refractivity contribution in [2.45, 2.75) is 25.7 Å². The van der Waals surface area contributed by atoms with Crippen molar-refractivity contribution in [1.82, 2.24) is 19.7 Å². The lowest BCUT2D eigenvalue weighted by Crippen LogP contribution is -2.27. The molecule has 1 fully saturated rings. The van der Waals surface area contributed by atoms with Crippen molar-refractivity contribution in [3.05, 3.63) is 65.7 Å². The summed E-state index contributed by atoms with van der Waals surface area (Å²) < 4.78 is 31.0. The van der Waals surface area contributed by atoms with Crippen LogP contribution in [0.3, 0.4) is 0 Å². The summed E-state index contributed by atoms with van der Waals surface area (Å²) in [4.78, 5) is 8.78. The van der Waals surface area contributed by atoms with Gasteiger partial charge in [0.05, 0.1) is 5.69 Å². The van der Waals surface area contributed by atoms with Crippen LogP contribution >= 0.6 is 0 Å². The van der Waals surface area contributed by atoms with Crippen LogP contribution in [-0.2, 0) is 0 Å². The van der Waals surface area contributed by atoms with Gasteiger partial charge < -0.3 is 9.72 Å². The van der Waals surface area contributed by atoms with Crippen molar-refractivity contribution >= 4 is 16.6 Å². The summed E-state index contributed by atoms with van der Waals surface area (Å²) in [5, 5.41) is 4.06. The first-order valence-electron chi connectivity index (χ1n) is 9.54. The number of pyridine rings is 2. The number of nitrogens with zero attached hydrogens (tertiary/aromatic N) is 3. The Hall–Kier alpha value is -2.86. The van der Waals surface area contributed by atoms with Crippen LogP contribution in [-0.4, -0.2) is 27.5 Å². The second-order valence-electron chi connectivity index (χ2n) is 7.48. The number of fused-ring (bicyclic) bond motifs is 2. The summed E-state index contributed by atoms with van der Waals surface area (Å²) in [5.74, 6) is -0.443. The molecule has 0 unspecified atom stereocenters. The van der Waals surface area contributed by atoms with Gasteiger partial charge in [-0.1, -0.05) is 6.07 Å². The number of halogens is 2. The molecule has 0 bridgehead atoms. The van der Waals surface area contributed by atoms with E-state index in [1.807, 2.05) is 25.1 Å². The number of benzene rings is 1. The number of aromatic nitrogens is 3. The molecule has 1 saturated heterocycles. The topological polar surface area (TPSA) is 42.2 Å². The lowest BCUT2D eigenvalue weighted by Gasteiger charge is -2.22. The van der Waals surface area contributed by atoms with Crippen molar-refractivity contribution in [3.8, 4) is 11.1 Å². The summed E-state index contributed by atoms with van der Waals surface area (Å²) in [7, 11) is 0. The monoisotopic (exact) mass is 378 g/mol. The molecule has 0 spiro atoms. The van der Waals surface area contributed by atoms with Crippen LogP contribution in [0, 0.1) is 18.6 Å². The van der Waals surface area contributed by atoms with Crippen molar-refractivity contribution in [3.63, 3.8) is 0 Å². The molecule has 0 saturated carbocycles. The molecule has 0 radical (unpaired) electrons. The summed E-state index contributed by atoms with van der Waals surface area (Å²) in [6, 6.07) is 8.61. The molecule has 1 aliphatic heterocycles. The predicted molar refractivity (Wildman–Crippen MR) is 105 cm³/mol. The highest BCUT2D eigenvalue weighted by atomic mass is 19.1. The van der Waals surface area contributed by atoms with E-state index >= 15 is 0 Å². The molecule has 6 heteroatoms. The molecule has 142 valence electrons. The molecule has 4 nitrogen and oxygen atoms in total. The van der Waals surface area contributed by atoms with E-state index in [2.05, 4.69) is 15.3 Å². The van der Waals surface area contributed by atoms with Gasteiger partial charge in [0, 0.05) is 35.0 Å². The number of imidazole rings is 1. The smallest absolute Gasteiger partial charge is 0.173 e. The average molecular weight is 378 g/mol. The number of rotatable bonds is 2. The van der Waals surface area contributed by atoms with E-state index in [0.717, 1.165) is 42.7 Å². The molecule has 1 aromatic carbocycles. The van der Waals surface area contributed by atoms with Crippen LogP contribution in [0.1, 0.15) is 30.1 Å². The standard InChI is InChI=1S/C22H20F2N4/c1-13-11-28-12-17(10-19(24)22(28)26-13)16-8-15-2-3-20(14-4-6-25-7-5-14)27-21(15)18(23)9-16/h2-3,8-12,14,25H,4-7H2,1H3. The van der Waals surface area contributed by atoms with Gasteiger partial charge in [-0.2, -0.15) is 0 Å². The third-order valence-corrected chi connectivity index (χ3v) is 5.48. The Bertz CT molecular complexity index is 1190. The lowest BCUT2D eigenvalue weighted by atomic mass is 9.93. The van der Waals surface area contributed by atoms with Crippen LogP contribution in [0.25, 0.3) is 27.7 Å². The molecule has 0 amide bonds. The zero-order chi connectivity index (χ0) is 19.3. The molecule has 0 aliphatic carbocycles. The zero-order valence-corrected chi connectivity index (χ0v) is 15.5. The summed E-state index contributed by atoms with van der Waals surface area (Å²) >= 11 is 0. The summed E-state index contributed by atoms with van der Waals surface area (Å²) in [6.45, 7) is 3.74. The highest BCUT2D eigenvalue weighted by Gasteiger charge is 2.18. The van der Waals surface area contributed by atoms with E-state index in [9.17, 15) is 8.78 Å². The zero-order valence-electron chi connectivity index (χ0n) is 15.5. The highest BCUT2D eigenvalue weighted by molar-refractivity contribution is 5.85. The van der Waals surface area contributed by atoms with Crippen LogP contribution in [0.4, 0.5) is 8.78 Å². The highest BCUT2D eigenvalue weighted by Crippen LogP contribution is 2.30. The fraction of sp³-hybridized carbons (Fsp3) is 0.273.